The monoisotopic (exact) mass is 248 g/mol. The zero-order valence-electron chi connectivity index (χ0n) is 11.6. The zero-order valence-corrected chi connectivity index (χ0v) is 11.6. The Morgan fingerprint density at radius 2 is 1.53 bits per heavy atom. The van der Waals surface area contributed by atoms with E-state index in [4.69, 9.17) is 0 Å². The largest absolute Gasteiger partial charge is 0.0847 e. The first-order valence-corrected chi connectivity index (χ1v) is 6.73. The zero-order chi connectivity index (χ0) is 13.5. The molecule has 2 aromatic rings. The van der Waals surface area contributed by atoms with E-state index < -0.39 is 0 Å². The molecule has 0 saturated heterocycles. The van der Waals surface area contributed by atoms with Crippen molar-refractivity contribution in [2.45, 2.75) is 20.3 Å². The number of hydrogen-bond donors (Lipinski definition) is 0. The first-order chi connectivity index (χ1) is 9.29. The van der Waals surface area contributed by atoms with Crippen LogP contribution in [0.3, 0.4) is 0 Å². The molecule has 0 unspecified atom stereocenters. The Balaban J connectivity index is 2.05. The lowest BCUT2D eigenvalue weighted by Gasteiger charge is -2.02. The maximum absolute atomic E-state index is 2.22. The first kappa shape index (κ1) is 13.4. The summed E-state index contributed by atoms with van der Waals surface area (Å²) in [4.78, 5) is 0. The second-order valence-electron chi connectivity index (χ2n) is 4.70. The predicted molar refractivity (Wildman–Crippen MR) is 84.2 cm³/mol. The van der Waals surface area contributed by atoms with Gasteiger partial charge in [0.25, 0.3) is 0 Å². The van der Waals surface area contributed by atoms with E-state index in [-0.39, 0.29) is 0 Å². The Hall–Kier alpha value is -2.08. The fourth-order valence-corrected chi connectivity index (χ4v) is 1.94. The summed E-state index contributed by atoms with van der Waals surface area (Å²) in [5.41, 5.74) is 5.20. The van der Waals surface area contributed by atoms with Gasteiger partial charge in [-0.1, -0.05) is 78.4 Å². The van der Waals surface area contributed by atoms with E-state index >= 15 is 0 Å². The van der Waals surface area contributed by atoms with Crippen LogP contribution in [0.4, 0.5) is 0 Å². The molecule has 0 nitrogen and oxygen atoms in total. The summed E-state index contributed by atoms with van der Waals surface area (Å²) < 4.78 is 0. The van der Waals surface area contributed by atoms with E-state index in [9.17, 15) is 0 Å². The Bertz CT molecular complexity index is 557. The molecule has 96 valence electrons. The number of rotatable bonds is 4. The summed E-state index contributed by atoms with van der Waals surface area (Å²) in [6, 6.07) is 19.3. The molecule has 0 heterocycles. The van der Waals surface area contributed by atoms with Crippen LogP contribution < -0.4 is 0 Å². The van der Waals surface area contributed by atoms with Gasteiger partial charge in [-0.3, -0.25) is 0 Å². The average molecular weight is 248 g/mol. The Labute approximate surface area is 116 Å². The minimum Gasteiger partial charge on any atom is -0.0847 e. The second-order valence-corrected chi connectivity index (χ2v) is 4.70. The summed E-state index contributed by atoms with van der Waals surface area (Å²) in [6.45, 7) is 4.18. The van der Waals surface area contributed by atoms with Crippen molar-refractivity contribution in [3.63, 3.8) is 0 Å². The number of benzene rings is 2. The molecule has 0 bridgehead atoms. The molecule has 0 aliphatic carbocycles. The molecule has 0 aliphatic rings. The van der Waals surface area contributed by atoms with Gasteiger partial charge in [-0.05, 0) is 37.0 Å². The normalized spacial score (nSPS) is 12.0. The summed E-state index contributed by atoms with van der Waals surface area (Å²) in [6.07, 6.45) is 7.49. The third-order valence-corrected chi connectivity index (χ3v) is 3.25. The van der Waals surface area contributed by atoms with Crippen LogP contribution in [0.1, 0.15) is 19.4 Å². The van der Waals surface area contributed by atoms with Crippen molar-refractivity contribution >= 4 is 0 Å². The fourth-order valence-electron chi connectivity index (χ4n) is 1.94. The number of hydrogen-bond acceptors (Lipinski definition) is 0. The topological polar surface area (TPSA) is 0 Å². The summed E-state index contributed by atoms with van der Waals surface area (Å²) in [7, 11) is 0. The predicted octanol–water partition coefficient (Wildman–Crippen LogP) is 5.42. The molecular formula is C19H20. The molecule has 2 rings (SSSR count). The number of allylic oxidation sites excluding steroid dienone is 4. The molecule has 0 aromatic heterocycles. The Morgan fingerprint density at radius 3 is 2.16 bits per heavy atom. The molecule has 2 aromatic carbocycles. The van der Waals surface area contributed by atoms with Crippen LogP contribution in [0.2, 0.25) is 0 Å². The second kappa shape index (κ2) is 6.75. The van der Waals surface area contributed by atoms with Crippen molar-refractivity contribution < 1.29 is 0 Å². The molecular weight excluding hydrogens is 228 g/mol. The minimum absolute atomic E-state index is 0.986. The summed E-state index contributed by atoms with van der Waals surface area (Å²) in [5, 5.41) is 0. The molecule has 0 fully saturated rings. The van der Waals surface area contributed by atoms with Gasteiger partial charge in [0.2, 0.25) is 0 Å². The van der Waals surface area contributed by atoms with E-state index in [0.29, 0.717) is 0 Å². The Morgan fingerprint density at radius 1 is 0.895 bits per heavy atom. The molecule has 0 radical (unpaired) electrons. The van der Waals surface area contributed by atoms with E-state index in [1.807, 2.05) is 6.07 Å². The van der Waals surface area contributed by atoms with E-state index in [1.165, 1.54) is 22.3 Å². The lowest BCUT2D eigenvalue weighted by atomic mass is 10.0. The maximum atomic E-state index is 2.22. The first-order valence-electron chi connectivity index (χ1n) is 6.73. The van der Waals surface area contributed by atoms with Gasteiger partial charge in [-0.2, -0.15) is 0 Å². The van der Waals surface area contributed by atoms with E-state index in [1.54, 1.807) is 0 Å². The van der Waals surface area contributed by atoms with Crippen molar-refractivity contribution in [3.05, 3.63) is 84.0 Å². The van der Waals surface area contributed by atoms with Gasteiger partial charge in [0.15, 0.2) is 0 Å². The Kier molecular flexibility index (Phi) is 4.74. The van der Waals surface area contributed by atoms with Gasteiger partial charge in [0.1, 0.15) is 0 Å². The van der Waals surface area contributed by atoms with Crippen LogP contribution in [0, 0.1) is 0 Å². The van der Waals surface area contributed by atoms with Gasteiger partial charge >= 0.3 is 0 Å². The maximum Gasteiger partial charge on any atom is -0.00942 e. The van der Waals surface area contributed by atoms with Gasteiger partial charge in [-0.15, -0.1) is 0 Å². The molecule has 0 heteroatoms. The quantitative estimate of drug-likeness (QED) is 0.634. The summed E-state index contributed by atoms with van der Waals surface area (Å²) >= 11 is 0. The van der Waals surface area contributed by atoms with Crippen molar-refractivity contribution in [1.82, 2.24) is 0 Å². The molecule has 19 heavy (non-hydrogen) atoms. The molecule has 0 spiro atoms. The van der Waals surface area contributed by atoms with E-state index in [0.717, 1.165) is 6.42 Å². The average Bonchev–Trinajstić information content (AvgIpc) is 2.48. The van der Waals surface area contributed by atoms with Gasteiger partial charge in [-0.25, -0.2) is 0 Å². The molecule has 0 atom stereocenters. The highest BCUT2D eigenvalue weighted by Crippen LogP contribution is 2.19. The van der Waals surface area contributed by atoms with Crippen LogP contribution in [0.5, 0.6) is 0 Å². The minimum atomic E-state index is 0.986. The van der Waals surface area contributed by atoms with Crippen LogP contribution in [-0.2, 0) is 6.42 Å². The molecule has 0 N–H and O–H groups in total. The smallest absolute Gasteiger partial charge is 0.00942 e. The highest BCUT2D eigenvalue weighted by molar-refractivity contribution is 5.63. The van der Waals surface area contributed by atoms with Crippen LogP contribution in [0.15, 0.2) is 78.4 Å². The van der Waals surface area contributed by atoms with Crippen LogP contribution >= 0.6 is 0 Å². The highest BCUT2D eigenvalue weighted by atomic mass is 14.0. The highest BCUT2D eigenvalue weighted by Gasteiger charge is 1.96. The lowest BCUT2D eigenvalue weighted by molar-refractivity contribution is 1.26. The third-order valence-electron chi connectivity index (χ3n) is 3.25. The van der Waals surface area contributed by atoms with Crippen LogP contribution in [0.25, 0.3) is 11.1 Å². The molecule has 0 aliphatic heterocycles. The van der Waals surface area contributed by atoms with Crippen molar-refractivity contribution in [3.8, 4) is 11.1 Å². The summed E-state index contributed by atoms with van der Waals surface area (Å²) in [5.74, 6) is 0. The van der Waals surface area contributed by atoms with Gasteiger partial charge in [0, 0.05) is 0 Å². The fraction of sp³-hybridized carbons (Fsp3) is 0.158. The van der Waals surface area contributed by atoms with Crippen LogP contribution in [-0.4, -0.2) is 0 Å². The molecule has 0 saturated carbocycles. The van der Waals surface area contributed by atoms with Crippen molar-refractivity contribution in [2.75, 3.05) is 0 Å². The van der Waals surface area contributed by atoms with Gasteiger partial charge < -0.3 is 0 Å². The van der Waals surface area contributed by atoms with Crippen molar-refractivity contribution in [2.24, 2.45) is 0 Å². The van der Waals surface area contributed by atoms with Crippen molar-refractivity contribution in [1.29, 1.82) is 0 Å². The van der Waals surface area contributed by atoms with E-state index in [2.05, 4.69) is 80.6 Å². The standard InChI is InChI=1S/C19H20/c1-3-16(2)8-7-9-17-12-14-19(15-13-17)18-10-5-4-6-11-18/h3-8,10-15H,9H2,1-2H3/b8-7-,16-3-. The SMILES string of the molecule is C/C=C(C)\C=C/Cc1ccc(-c2ccccc2)cc1. The van der Waals surface area contributed by atoms with Gasteiger partial charge in [0.05, 0.1) is 0 Å². The molecule has 0 amide bonds. The third kappa shape index (κ3) is 3.96. The lowest BCUT2D eigenvalue weighted by Crippen LogP contribution is -1.82.